The van der Waals surface area contributed by atoms with Crippen LogP contribution in [0.4, 0.5) is 28.4 Å². The minimum Gasteiger partial charge on any atom is -0.355 e. The summed E-state index contributed by atoms with van der Waals surface area (Å²) in [5, 5.41) is 5.76. The number of hydrogen-bond acceptors (Lipinski definition) is 3. The third-order valence-corrected chi connectivity index (χ3v) is 25.9. The van der Waals surface area contributed by atoms with E-state index in [0.29, 0.717) is 0 Å². The molecular weight excluding hydrogens is 1070 g/mol. The molecule has 0 spiro atoms. The molecule has 1 aromatic heterocycles. The van der Waals surface area contributed by atoms with E-state index in [9.17, 15) is 0 Å². The summed E-state index contributed by atoms with van der Waals surface area (Å²) in [6.45, 7) is 52.3. The molecule has 0 unspecified atom stereocenters. The topological polar surface area (TPSA) is 15.3 Å². The number of rotatable bonds is 4. The van der Waals surface area contributed by atoms with E-state index >= 15 is 0 Å². The maximum atomic E-state index is 4.38. The van der Waals surface area contributed by atoms with Crippen molar-refractivity contribution in [2.45, 2.75) is 251 Å². The van der Waals surface area contributed by atoms with Crippen LogP contribution in [0.15, 0.2) is 97.1 Å². The quantitative estimate of drug-likeness (QED) is 0.177. The Hall–Kier alpha value is -5.84. The van der Waals surface area contributed by atoms with E-state index in [1.807, 2.05) is 11.3 Å². The maximum absolute atomic E-state index is 4.38. The minimum atomic E-state index is -0.310. The predicted octanol–water partition coefficient (Wildman–Crippen LogP) is 22.1. The lowest BCUT2D eigenvalue weighted by Gasteiger charge is -2.44. The normalized spacial score (nSPS) is 22.0. The summed E-state index contributed by atoms with van der Waals surface area (Å²) in [5.41, 5.74) is 34.9. The average Bonchev–Trinajstić information content (AvgIpc) is 1.60. The van der Waals surface area contributed by atoms with Crippen molar-refractivity contribution in [2.24, 2.45) is 0 Å². The number of thiophene rings is 1. The number of aryl methyl sites for hydroxylation is 1. The molecule has 0 bridgehead atoms. The number of nitrogens with zero attached hydrogens (tertiary/aromatic N) is 1. The maximum Gasteiger partial charge on any atom is 0.211 e. The van der Waals surface area contributed by atoms with Crippen LogP contribution in [0, 0.1) is 6.92 Å². The molecule has 1 N–H and O–H groups in total. The second-order valence-electron chi connectivity index (χ2n) is 35.1. The van der Waals surface area contributed by atoms with Crippen LogP contribution in [0.1, 0.15) is 262 Å². The van der Waals surface area contributed by atoms with Gasteiger partial charge in [0.15, 0.2) is 0 Å². The molecule has 0 fully saturated rings. The van der Waals surface area contributed by atoms with Crippen molar-refractivity contribution < 1.29 is 0 Å². The first-order chi connectivity index (χ1) is 40.5. The molecule has 2 heterocycles. The highest BCUT2D eigenvalue weighted by Gasteiger charge is 2.48. The molecule has 447 valence electrons. The third kappa shape index (κ3) is 8.08. The summed E-state index contributed by atoms with van der Waals surface area (Å²) >= 11 is 2.02. The zero-order chi connectivity index (χ0) is 61.8. The standard InChI is InChI=1S/C83H96BN2S/c1-46-36-58-63(80(14,15)34-30-75(58,4)5)44-66(46)86-67-42-51-48-24-22-23-25-54(48)83(20,21)70(51)69(71(67)84-73-72(86)53-40-61-64(45-68(53)87-73)81(16,17)35-32-78(61,10)11)52-39-56-50(41-65(52)85-47-26-27-55-59(37-47)76(6,7)29-28-74(55,2)3)49-38-60-62(43-57(49)82(56,18)19)79(12,13)33-31-77(60,8)9/h22-27,36-45,85H,28-35H2,1-21H3. The monoisotopic (exact) mass is 1160 g/mol. The van der Waals surface area contributed by atoms with Crippen molar-refractivity contribution in [1.82, 2.24) is 0 Å². The van der Waals surface area contributed by atoms with E-state index in [1.165, 1.54) is 200 Å². The lowest BCUT2D eigenvalue weighted by atomic mass is 9.59. The molecule has 7 aliphatic rings. The molecule has 7 aromatic carbocycles. The Balaban J connectivity index is 1.07. The van der Waals surface area contributed by atoms with Crippen molar-refractivity contribution in [3.8, 4) is 33.4 Å². The zero-order valence-electron chi connectivity index (χ0n) is 56.8. The number of hydrogen-bond donors (Lipinski definition) is 1. The molecule has 8 aromatic rings. The highest BCUT2D eigenvalue weighted by molar-refractivity contribution is 7.29. The molecule has 0 saturated heterocycles. The van der Waals surface area contributed by atoms with Gasteiger partial charge in [-0.1, -0.05) is 181 Å². The Kier molecular flexibility index (Phi) is 11.8. The van der Waals surface area contributed by atoms with Gasteiger partial charge in [0.05, 0.1) is 5.69 Å². The van der Waals surface area contributed by atoms with Gasteiger partial charge < -0.3 is 10.2 Å². The van der Waals surface area contributed by atoms with Gasteiger partial charge in [-0.15, -0.1) is 11.3 Å². The Morgan fingerprint density at radius 1 is 0.391 bits per heavy atom. The molecule has 6 aliphatic carbocycles. The lowest BCUT2D eigenvalue weighted by Crippen LogP contribution is -2.41. The van der Waals surface area contributed by atoms with Gasteiger partial charge in [0, 0.05) is 49.2 Å². The van der Waals surface area contributed by atoms with E-state index < -0.39 is 0 Å². The zero-order valence-corrected chi connectivity index (χ0v) is 57.6. The molecule has 0 saturated carbocycles. The van der Waals surface area contributed by atoms with E-state index in [2.05, 4.69) is 260 Å². The smallest absolute Gasteiger partial charge is 0.211 e. The summed E-state index contributed by atoms with van der Waals surface area (Å²) in [6.07, 6.45) is 9.48. The van der Waals surface area contributed by atoms with Crippen LogP contribution in [-0.4, -0.2) is 7.28 Å². The molecule has 0 amide bonds. The van der Waals surface area contributed by atoms with Crippen molar-refractivity contribution in [2.75, 3.05) is 10.2 Å². The Morgan fingerprint density at radius 2 is 0.874 bits per heavy atom. The Labute approximate surface area is 528 Å². The van der Waals surface area contributed by atoms with Gasteiger partial charge in [0.2, 0.25) is 7.28 Å². The summed E-state index contributed by atoms with van der Waals surface area (Å²) < 4.78 is 2.74. The highest BCUT2D eigenvalue weighted by atomic mass is 32.1. The molecule has 1 aliphatic heterocycles. The van der Waals surface area contributed by atoms with Crippen molar-refractivity contribution in [1.29, 1.82) is 0 Å². The van der Waals surface area contributed by atoms with Gasteiger partial charge in [-0.25, -0.2) is 0 Å². The van der Waals surface area contributed by atoms with Gasteiger partial charge >= 0.3 is 0 Å². The van der Waals surface area contributed by atoms with Crippen LogP contribution in [0.3, 0.4) is 0 Å². The molecule has 0 atom stereocenters. The number of anilines is 5. The highest BCUT2D eigenvalue weighted by Crippen LogP contribution is 2.61. The van der Waals surface area contributed by atoms with E-state index in [-0.39, 0.29) is 54.1 Å². The van der Waals surface area contributed by atoms with E-state index in [1.54, 1.807) is 0 Å². The second kappa shape index (κ2) is 17.8. The SMILES string of the molecule is Cc1cc2c(cc1N1c3cc4c(c(-c5cc6c(cc5Nc5ccc7c(c5)C(C)(C)CCC7(C)C)-c5cc7c(cc5C6(C)C)C(C)(C)CCC7(C)C)c3[B]c3sc5cc6c(cc5c31)C(C)(C)CCC6(C)C)C(C)(C)c1ccccc1-4)C(C)(C)CCC2(C)C. The number of nitrogens with one attached hydrogen (secondary N) is 1. The van der Waals surface area contributed by atoms with Gasteiger partial charge in [0.25, 0.3) is 0 Å². The van der Waals surface area contributed by atoms with Crippen LogP contribution >= 0.6 is 11.3 Å². The first kappa shape index (κ1) is 57.6. The molecule has 15 rings (SSSR count). The minimum absolute atomic E-state index is 0.0279. The van der Waals surface area contributed by atoms with Gasteiger partial charge in [0.1, 0.15) is 0 Å². The second-order valence-corrected chi connectivity index (χ2v) is 36.2. The Bertz CT molecular complexity index is 4360. The molecule has 1 radical (unpaired) electrons. The summed E-state index contributed by atoms with van der Waals surface area (Å²) in [4.78, 5) is 2.81. The van der Waals surface area contributed by atoms with Crippen LogP contribution in [0.2, 0.25) is 0 Å². The molecule has 87 heavy (non-hydrogen) atoms. The largest absolute Gasteiger partial charge is 0.355 e. The summed E-state index contributed by atoms with van der Waals surface area (Å²) in [7, 11) is 2.68. The first-order valence-corrected chi connectivity index (χ1v) is 34.3. The number of fused-ring (bicyclic) bond motifs is 14. The molecular formula is C83H96BN2S. The molecule has 2 nitrogen and oxygen atoms in total. The fraction of sp³-hybridized carbons (Fsp3) is 0.470. The van der Waals surface area contributed by atoms with Crippen LogP contribution in [-0.2, 0) is 54.1 Å². The fourth-order valence-corrected chi connectivity index (χ4v) is 19.6. The van der Waals surface area contributed by atoms with Crippen molar-refractivity contribution in [3.63, 3.8) is 0 Å². The van der Waals surface area contributed by atoms with Crippen LogP contribution < -0.4 is 20.5 Å². The fourth-order valence-electron chi connectivity index (χ4n) is 18.5. The van der Waals surface area contributed by atoms with Crippen molar-refractivity contribution in [3.05, 3.63) is 169 Å². The van der Waals surface area contributed by atoms with Gasteiger partial charge in [-0.3, -0.25) is 0 Å². The van der Waals surface area contributed by atoms with E-state index in [4.69, 9.17) is 0 Å². The van der Waals surface area contributed by atoms with Crippen LogP contribution in [0.5, 0.6) is 0 Å². The summed E-state index contributed by atoms with van der Waals surface area (Å²) in [5.74, 6) is 0. The number of benzene rings is 7. The third-order valence-electron chi connectivity index (χ3n) is 24.9. The summed E-state index contributed by atoms with van der Waals surface area (Å²) in [6, 6.07) is 40.7. The van der Waals surface area contributed by atoms with E-state index in [0.717, 1.165) is 5.69 Å². The predicted molar refractivity (Wildman–Crippen MR) is 378 cm³/mol. The van der Waals surface area contributed by atoms with Gasteiger partial charge in [-0.2, -0.15) is 0 Å². The van der Waals surface area contributed by atoms with Crippen LogP contribution in [0.25, 0.3) is 43.5 Å². The Morgan fingerprint density at radius 3 is 1.48 bits per heavy atom. The average molecular weight is 1160 g/mol. The lowest BCUT2D eigenvalue weighted by molar-refractivity contribution is 0.331. The first-order valence-electron chi connectivity index (χ1n) is 33.5. The molecule has 4 heteroatoms. The van der Waals surface area contributed by atoms with Gasteiger partial charge in [-0.05, 0) is 267 Å². The van der Waals surface area contributed by atoms with Crippen molar-refractivity contribution >= 4 is 67.4 Å².